The zero-order valence-corrected chi connectivity index (χ0v) is 26.5. The Morgan fingerprint density at radius 1 is 0.565 bits per heavy atom. The lowest BCUT2D eigenvalue weighted by Crippen LogP contribution is -2.25. The first-order chi connectivity index (χ1) is 22.4. The molecular weight excluding hydrogens is 637 g/mol. The summed E-state index contributed by atoms with van der Waals surface area (Å²) in [5, 5.41) is 11.2. The van der Waals surface area contributed by atoms with Crippen molar-refractivity contribution in [3.63, 3.8) is 0 Å². The van der Waals surface area contributed by atoms with Crippen LogP contribution in [0.1, 0.15) is 0 Å². The number of rotatable bonds is 8. The summed E-state index contributed by atoms with van der Waals surface area (Å²) in [5.41, 5.74) is 6.25. The first-order valence-corrected chi connectivity index (χ1v) is 16.6. The zero-order valence-electron chi connectivity index (χ0n) is 24.1. The van der Waals surface area contributed by atoms with E-state index >= 15 is 0 Å². The van der Waals surface area contributed by atoms with Gasteiger partial charge in [-0.15, -0.1) is 5.10 Å². The van der Waals surface area contributed by atoms with E-state index in [4.69, 9.17) is 33.4 Å². The molecule has 2 heterocycles. The minimum absolute atomic E-state index is 0.0997. The minimum Gasteiger partial charge on any atom is -0.228 e. The van der Waals surface area contributed by atoms with Crippen molar-refractivity contribution in [2.75, 3.05) is 4.83 Å². The van der Waals surface area contributed by atoms with Gasteiger partial charge in [0, 0.05) is 32.3 Å². The van der Waals surface area contributed by atoms with Crippen molar-refractivity contribution in [3.8, 4) is 50.7 Å². The third-order valence-corrected chi connectivity index (χ3v) is 9.23. The fraction of sp³-hybridized carbons (Fsp3) is 0. The third kappa shape index (κ3) is 5.81. The monoisotopic (exact) mass is 661 g/mol. The molecule has 10 heteroatoms. The van der Waals surface area contributed by atoms with E-state index < -0.39 is 10.0 Å². The number of hydrogen-bond donors (Lipinski definition) is 1. The Morgan fingerprint density at radius 3 is 1.67 bits per heavy atom. The maximum atomic E-state index is 13.7. The van der Waals surface area contributed by atoms with Crippen molar-refractivity contribution in [3.05, 3.63) is 156 Å². The summed E-state index contributed by atoms with van der Waals surface area (Å²) < 4.78 is 29.2. The minimum atomic E-state index is -4.04. The average Bonchev–Trinajstić information content (AvgIpc) is 3.69. The van der Waals surface area contributed by atoms with E-state index in [1.807, 2.05) is 108 Å². The molecule has 0 amide bonds. The predicted octanol–water partition coefficient (Wildman–Crippen LogP) is 8.98. The van der Waals surface area contributed by atoms with E-state index in [1.54, 1.807) is 30.3 Å². The second-order valence-electron chi connectivity index (χ2n) is 10.4. The lowest BCUT2D eigenvalue weighted by atomic mass is 10.1. The van der Waals surface area contributed by atoms with Crippen LogP contribution in [0.4, 0.5) is 0 Å². The van der Waals surface area contributed by atoms with E-state index in [1.165, 1.54) is 16.9 Å². The molecule has 0 saturated heterocycles. The molecule has 0 unspecified atom stereocenters. The number of hydrogen-bond acceptors (Lipinski definition) is 4. The topological polar surface area (TPSA) is 81.8 Å². The molecule has 1 N–H and O–H groups in total. The Morgan fingerprint density at radius 2 is 1.09 bits per heavy atom. The van der Waals surface area contributed by atoms with Gasteiger partial charge in [0.2, 0.25) is 0 Å². The molecule has 5 aromatic carbocycles. The van der Waals surface area contributed by atoms with Gasteiger partial charge in [-0.1, -0.05) is 126 Å². The van der Waals surface area contributed by atoms with Crippen molar-refractivity contribution in [2.24, 2.45) is 0 Å². The molecule has 7 aromatic rings. The molecule has 0 aliphatic rings. The molecule has 0 saturated carbocycles. The highest BCUT2D eigenvalue weighted by Gasteiger charge is 2.28. The first kappa shape index (κ1) is 29.6. The predicted molar refractivity (Wildman–Crippen MR) is 184 cm³/mol. The van der Waals surface area contributed by atoms with Gasteiger partial charge in [0.15, 0.2) is 0 Å². The molecule has 0 aliphatic carbocycles. The van der Waals surface area contributed by atoms with Gasteiger partial charge >= 0.3 is 0 Å². The van der Waals surface area contributed by atoms with Crippen molar-refractivity contribution >= 4 is 33.2 Å². The summed E-state index contributed by atoms with van der Waals surface area (Å²) >= 11 is 12.6. The van der Waals surface area contributed by atoms with Crippen LogP contribution in [0.2, 0.25) is 10.0 Å². The third-order valence-electron chi connectivity index (χ3n) is 7.42. The van der Waals surface area contributed by atoms with Crippen molar-refractivity contribution in [2.45, 2.75) is 4.90 Å². The van der Waals surface area contributed by atoms with Crippen LogP contribution in [-0.4, -0.2) is 28.1 Å². The summed E-state index contributed by atoms with van der Waals surface area (Å²) in [6, 6.07) is 44.3. The largest absolute Gasteiger partial charge is 0.276 e. The van der Waals surface area contributed by atoms with Crippen LogP contribution in [0.25, 0.3) is 50.7 Å². The van der Waals surface area contributed by atoms with Gasteiger partial charge in [-0.25, -0.2) is 4.68 Å². The average molecular weight is 663 g/mol. The van der Waals surface area contributed by atoms with Crippen LogP contribution < -0.4 is 4.83 Å². The molecular formula is C36H25Cl2N5O2S. The van der Waals surface area contributed by atoms with Crippen LogP contribution in [0.15, 0.2) is 150 Å². The number of sulfonamides is 1. The number of aromatic nitrogens is 4. The van der Waals surface area contributed by atoms with E-state index in [0.717, 1.165) is 28.1 Å². The molecule has 7 nitrogen and oxygen atoms in total. The first-order valence-electron chi connectivity index (χ1n) is 14.3. The molecule has 0 aliphatic heterocycles. The molecule has 226 valence electrons. The number of benzene rings is 5. The Hall–Kier alpha value is -5.15. The van der Waals surface area contributed by atoms with E-state index in [0.29, 0.717) is 32.7 Å². The highest BCUT2D eigenvalue weighted by Crippen LogP contribution is 2.39. The number of nitrogens with one attached hydrogen (secondary N) is 1. The quantitative estimate of drug-likeness (QED) is 0.176. The molecule has 46 heavy (non-hydrogen) atoms. The molecule has 0 radical (unpaired) electrons. The summed E-state index contributed by atoms with van der Waals surface area (Å²) in [6.45, 7) is 0. The van der Waals surface area contributed by atoms with Crippen LogP contribution in [0, 0.1) is 0 Å². The van der Waals surface area contributed by atoms with Crippen molar-refractivity contribution < 1.29 is 8.42 Å². The summed E-state index contributed by atoms with van der Waals surface area (Å²) in [4.78, 5) is 4.11. The second-order valence-corrected chi connectivity index (χ2v) is 13.0. The van der Waals surface area contributed by atoms with Crippen molar-refractivity contribution in [1.29, 1.82) is 0 Å². The van der Waals surface area contributed by atoms with E-state index in [9.17, 15) is 8.42 Å². The highest BCUT2D eigenvalue weighted by molar-refractivity contribution is 7.92. The van der Waals surface area contributed by atoms with Crippen LogP contribution in [-0.2, 0) is 10.0 Å². The maximum Gasteiger partial charge on any atom is 0.276 e. The Balaban J connectivity index is 1.56. The second kappa shape index (κ2) is 12.3. The number of halogens is 2. The summed E-state index contributed by atoms with van der Waals surface area (Å²) in [6.07, 6.45) is 0. The normalized spacial score (nSPS) is 11.4. The van der Waals surface area contributed by atoms with Crippen LogP contribution in [0.5, 0.6) is 0 Å². The summed E-state index contributed by atoms with van der Waals surface area (Å²) in [7, 11) is -4.04. The molecule has 7 rings (SSSR count). The molecule has 2 aromatic heterocycles. The van der Waals surface area contributed by atoms with Crippen molar-refractivity contribution in [1.82, 2.24) is 19.7 Å². The Kier molecular flexibility index (Phi) is 7.92. The zero-order chi connectivity index (χ0) is 31.7. The van der Waals surface area contributed by atoms with Gasteiger partial charge in [-0.3, -0.25) is 0 Å². The fourth-order valence-corrected chi connectivity index (χ4v) is 6.46. The maximum absolute atomic E-state index is 13.7. The SMILES string of the molecule is O=S(=O)(Nn1nc(-c2ccccc2)c(-n2nc(-c3ccccc3)cc2-c2ccc(Cl)cc2)c1-c1ccc(Cl)cc1)c1ccccc1. The summed E-state index contributed by atoms with van der Waals surface area (Å²) in [5.74, 6) is 0. The Bertz CT molecular complexity index is 2240. The van der Waals surface area contributed by atoms with Gasteiger partial charge in [-0.2, -0.15) is 23.1 Å². The van der Waals surface area contributed by atoms with Crippen LogP contribution >= 0.6 is 23.2 Å². The smallest absolute Gasteiger partial charge is 0.228 e. The lowest BCUT2D eigenvalue weighted by Gasteiger charge is -2.14. The standard InChI is InChI=1S/C36H25Cl2N5O2S/c37-29-20-16-26(17-21-29)33-24-32(25-10-4-1-5-11-25)39-42(33)36-34(27-12-6-2-7-13-27)40-43(35(36)28-18-22-30(38)23-19-28)41-46(44,45)31-14-8-3-9-15-31/h1-24,41H. The number of nitrogens with zero attached hydrogens (tertiary/aromatic N) is 4. The van der Waals surface area contributed by atoms with Gasteiger partial charge < -0.3 is 0 Å². The Labute approximate surface area is 276 Å². The van der Waals surface area contributed by atoms with Gasteiger partial charge in [0.1, 0.15) is 17.1 Å². The molecule has 0 spiro atoms. The molecule has 0 atom stereocenters. The lowest BCUT2D eigenvalue weighted by molar-refractivity contribution is 0.592. The highest BCUT2D eigenvalue weighted by atomic mass is 35.5. The van der Waals surface area contributed by atoms with E-state index in [-0.39, 0.29) is 4.90 Å². The van der Waals surface area contributed by atoms with Gasteiger partial charge in [0.05, 0.1) is 16.3 Å². The van der Waals surface area contributed by atoms with Crippen LogP contribution in [0.3, 0.4) is 0 Å². The van der Waals surface area contributed by atoms with Gasteiger partial charge in [0.25, 0.3) is 10.0 Å². The molecule has 0 bridgehead atoms. The molecule has 0 fully saturated rings. The van der Waals surface area contributed by atoms with E-state index in [2.05, 4.69) is 4.83 Å². The van der Waals surface area contributed by atoms with Gasteiger partial charge in [-0.05, 0) is 42.5 Å². The fourth-order valence-electron chi connectivity index (χ4n) is 5.23.